The Morgan fingerprint density at radius 2 is 1.89 bits per heavy atom. The van der Waals surface area contributed by atoms with E-state index in [9.17, 15) is 13.2 Å². The molecule has 0 radical (unpaired) electrons. The highest BCUT2D eigenvalue weighted by Crippen LogP contribution is 2.25. The van der Waals surface area contributed by atoms with Crippen LogP contribution in [0.3, 0.4) is 0 Å². The zero-order chi connectivity index (χ0) is 13.3. The molecule has 1 aliphatic heterocycles. The molecule has 0 aliphatic carbocycles. The highest BCUT2D eigenvalue weighted by molar-refractivity contribution is 7.89. The molecule has 2 rings (SSSR count). The number of nitrogens with one attached hydrogen (secondary N) is 1. The minimum absolute atomic E-state index is 0.161. The van der Waals surface area contributed by atoms with Crippen LogP contribution in [0.5, 0.6) is 0 Å². The van der Waals surface area contributed by atoms with Gasteiger partial charge in [-0.15, -0.1) is 0 Å². The topological polar surface area (TPSA) is 70.2 Å². The molecule has 100 valence electrons. The molecule has 18 heavy (non-hydrogen) atoms. The van der Waals surface area contributed by atoms with E-state index in [1.54, 1.807) is 0 Å². The van der Waals surface area contributed by atoms with E-state index in [1.165, 1.54) is 22.8 Å². The summed E-state index contributed by atoms with van der Waals surface area (Å²) in [6, 6.07) is 1.24. The standard InChI is InChI=1S/C12H18N2O3S/c1-9-5-10(2)8-14(7-9)18(16,17)12-6-13-4-3-11(12)15/h3-4,6,9-10H,5,7-8H2,1-2H3,(H,13,15). The van der Waals surface area contributed by atoms with Gasteiger partial charge in [0.15, 0.2) is 0 Å². The summed E-state index contributed by atoms with van der Waals surface area (Å²) in [6.07, 6.45) is 3.72. The van der Waals surface area contributed by atoms with Gasteiger partial charge < -0.3 is 4.98 Å². The molecule has 0 saturated carbocycles. The molecule has 0 spiro atoms. The molecule has 2 unspecified atom stereocenters. The van der Waals surface area contributed by atoms with Gasteiger partial charge in [-0.05, 0) is 18.3 Å². The van der Waals surface area contributed by atoms with Crippen LogP contribution in [-0.2, 0) is 10.0 Å². The van der Waals surface area contributed by atoms with Crippen LogP contribution in [0.25, 0.3) is 0 Å². The van der Waals surface area contributed by atoms with E-state index in [-0.39, 0.29) is 4.90 Å². The average molecular weight is 270 g/mol. The predicted octanol–water partition coefficient (Wildman–Crippen LogP) is 1.04. The maximum Gasteiger partial charge on any atom is 0.248 e. The van der Waals surface area contributed by atoms with E-state index >= 15 is 0 Å². The summed E-state index contributed by atoms with van der Waals surface area (Å²) in [5, 5.41) is 0. The molecule has 5 nitrogen and oxygen atoms in total. The molecule has 1 aliphatic rings. The third-order valence-electron chi connectivity index (χ3n) is 3.24. The van der Waals surface area contributed by atoms with Crippen molar-refractivity contribution in [2.45, 2.75) is 25.2 Å². The van der Waals surface area contributed by atoms with Crippen LogP contribution in [0.15, 0.2) is 28.2 Å². The number of rotatable bonds is 2. The molecule has 0 amide bonds. The van der Waals surface area contributed by atoms with Crippen molar-refractivity contribution in [2.75, 3.05) is 13.1 Å². The quantitative estimate of drug-likeness (QED) is 0.873. The molecule has 1 aromatic rings. The molecule has 0 aromatic carbocycles. The number of aromatic nitrogens is 1. The van der Waals surface area contributed by atoms with Gasteiger partial charge in [0.2, 0.25) is 15.5 Å². The maximum atomic E-state index is 12.4. The molecule has 1 N–H and O–H groups in total. The lowest BCUT2D eigenvalue weighted by Crippen LogP contribution is -2.43. The first-order valence-electron chi connectivity index (χ1n) is 6.08. The molecule has 0 bridgehead atoms. The third-order valence-corrected chi connectivity index (χ3v) is 5.09. The Hall–Kier alpha value is -1.14. The smallest absolute Gasteiger partial charge is 0.248 e. The number of pyridine rings is 1. The molecular formula is C12H18N2O3S. The first-order chi connectivity index (χ1) is 8.41. The zero-order valence-corrected chi connectivity index (χ0v) is 11.4. The lowest BCUT2D eigenvalue weighted by molar-refractivity contribution is 0.222. The summed E-state index contributed by atoms with van der Waals surface area (Å²) in [4.78, 5) is 14.1. The van der Waals surface area contributed by atoms with Gasteiger partial charge in [0.1, 0.15) is 4.90 Å². The van der Waals surface area contributed by atoms with E-state index < -0.39 is 15.5 Å². The highest BCUT2D eigenvalue weighted by atomic mass is 32.2. The van der Waals surface area contributed by atoms with Crippen molar-refractivity contribution in [3.05, 3.63) is 28.7 Å². The van der Waals surface area contributed by atoms with Crippen LogP contribution in [0.1, 0.15) is 20.3 Å². The average Bonchev–Trinajstić information content (AvgIpc) is 2.28. The van der Waals surface area contributed by atoms with Crippen LogP contribution in [0, 0.1) is 11.8 Å². The Bertz CT molecular complexity index is 569. The lowest BCUT2D eigenvalue weighted by atomic mass is 9.94. The molecule has 1 fully saturated rings. The first-order valence-corrected chi connectivity index (χ1v) is 7.52. The van der Waals surface area contributed by atoms with Gasteiger partial charge in [-0.25, -0.2) is 8.42 Å². The van der Waals surface area contributed by atoms with Gasteiger partial charge >= 0.3 is 0 Å². The second kappa shape index (κ2) is 4.85. The second-order valence-corrected chi connectivity index (χ2v) is 7.05. The van der Waals surface area contributed by atoms with Crippen molar-refractivity contribution in [3.63, 3.8) is 0 Å². The van der Waals surface area contributed by atoms with Crippen molar-refractivity contribution in [2.24, 2.45) is 11.8 Å². The minimum Gasteiger partial charge on any atom is -0.366 e. The number of sulfonamides is 1. The number of hydrogen-bond acceptors (Lipinski definition) is 3. The minimum atomic E-state index is -3.67. The number of piperidine rings is 1. The molecule has 2 heterocycles. The Morgan fingerprint density at radius 3 is 2.44 bits per heavy atom. The molecule has 6 heteroatoms. The van der Waals surface area contributed by atoms with Crippen LogP contribution >= 0.6 is 0 Å². The highest BCUT2D eigenvalue weighted by Gasteiger charge is 2.32. The van der Waals surface area contributed by atoms with Crippen molar-refractivity contribution in [1.82, 2.24) is 9.29 Å². The summed E-state index contributed by atoms with van der Waals surface area (Å²) in [5.74, 6) is 0.651. The number of H-pyrrole nitrogens is 1. The SMILES string of the molecule is CC1CC(C)CN(S(=O)(=O)c2c[nH]ccc2=O)C1. The Balaban J connectivity index is 2.37. The Morgan fingerprint density at radius 1 is 1.28 bits per heavy atom. The van der Waals surface area contributed by atoms with Crippen molar-refractivity contribution >= 4 is 10.0 Å². The summed E-state index contributed by atoms with van der Waals surface area (Å²) in [5.41, 5.74) is -0.459. The van der Waals surface area contributed by atoms with Crippen molar-refractivity contribution in [1.29, 1.82) is 0 Å². The number of aromatic amines is 1. The first kappa shape index (κ1) is 13.3. The summed E-state index contributed by atoms with van der Waals surface area (Å²) < 4.78 is 26.2. The fraction of sp³-hybridized carbons (Fsp3) is 0.583. The molecule has 1 aromatic heterocycles. The second-order valence-electron chi connectivity index (χ2n) is 5.14. The molecular weight excluding hydrogens is 252 g/mol. The zero-order valence-electron chi connectivity index (χ0n) is 10.6. The summed E-state index contributed by atoms with van der Waals surface area (Å²) >= 11 is 0. The third kappa shape index (κ3) is 2.49. The van der Waals surface area contributed by atoms with Crippen molar-refractivity contribution < 1.29 is 8.42 Å². The Kier molecular flexibility index (Phi) is 3.59. The predicted molar refractivity (Wildman–Crippen MR) is 68.8 cm³/mol. The summed E-state index contributed by atoms with van der Waals surface area (Å²) in [7, 11) is -3.67. The fourth-order valence-corrected chi connectivity index (χ4v) is 4.26. The van der Waals surface area contributed by atoms with Gasteiger partial charge in [-0.1, -0.05) is 13.8 Å². The number of hydrogen-bond donors (Lipinski definition) is 1. The Labute approximate surface area is 107 Å². The number of nitrogens with zero attached hydrogens (tertiary/aromatic N) is 1. The summed E-state index contributed by atoms with van der Waals surface area (Å²) in [6.45, 7) is 5.04. The molecule has 1 saturated heterocycles. The lowest BCUT2D eigenvalue weighted by Gasteiger charge is -2.33. The van der Waals surface area contributed by atoms with E-state index in [0.29, 0.717) is 24.9 Å². The normalized spacial score (nSPS) is 26.1. The van der Waals surface area contributed by atoms with Gasteiger partial charge in [-0.3, -0.25) is 4.79 Å². The molecule has 2 atom stereocenters. The van der Waals surface area contributed by atoms with E-state index in [2.05, 4.69) is 4.98 Å². The largest absolute Gasteiger partial charge is 0.366 e. The van der Waals surface area contributed by atoms with Crippen molar-refractivity contribution in [3.8, 4) is 0 Å². The van der Waals surface area contributed by atoms with E-state index in [4.69, 9.17) is 0 Å². The van der Waals surface area contributed by atoms with E-state index in [1.807, 2.05) is 13.8 Å². The van der Waals surface area contributed by atoms with Crippen LogP contribution in [-0.4, -0.2) is 30.8 Å². The van der Waals surface area contributed by atoms with Crippen LogP contribution < -0.4 is 5.43 Å². The van der Waals surface area contributed by atoms with Crippen LogP contribution in [0.4, 0.5) is 0 Å². The van der Waals surface area contributed by atoms with Gasteiger partial charge in [0.25, 0.3) is 0 Å². The van der Waals surface area contributed by atoms with Gasteiger partial charge in [0.05, 0.1) is 0 Å². The maximum absolute atomic E-state index is 12.4. The van der Waals surface area contributed by atoms with Gasteiger partial charge in [0, 0.05) is 31.5 Å². The van der Waals surface area contributed by atoms with Gasteiger partial charge in [-0.2, -0.15) is 4.31 Å². The fourth-order valence-electron chi connectivity index (χ4n) is 2.54. The van der Waals surface area contributed by atoms with Crippen LogP contribution in [0.2, 0.25) is 0 Å². The monoisotopic (exact) mass is 270 g/mol. The van der Waals surface area contributed by atoms with E-state index in [0.717, 1.165) is 6.42 Å².